The van der Waals surface area contributed by atoms with Gasteiger partial charge in [-0.15, -0.1) is 0 Å². The summed E-state index contributed by atoms with van der Waals surface area (Å²) in [4.78, 5) is 0. The van der Waals surface area contributed by atoms with Crippen LogP contribution < -0.4 is 20.5 Å². The summed E-state index contributed by atoms with van der Waals surface area (Å²) in [6.45, 7) is 5.22. The maximum Gasteiger partial charge on any atom is 0.163 e. The quantitative estimate of drug-likeness (QED) is 0.841. The van der Waals surface area contributed by atoms with Gasteiger partial charge in [-0.3, -0.25) is 0 Å². The maximum atomic E-state index is 5.69. The van der Waals surface area contributed by atoms with Crippen LogP contribution in [-0.2, 0) is 0 Å². The molecule has 1 aliphatic heterocycles. The van der Waals surface area contributed by atoms with Gasteiger partial charge in [0.1, 0.15) is 0 Å². The molecule has 0 radical (unpaired) electrons. The number of hydrogen-bond acceptors (Lipinski definition) is 4. The van der Waals surface area contributed by atoms with Crippen LogP contribution in [0.3, 0.4) is 0 Å². The first-order valence-electron chi connectivity index (χ1n) is 6.67. The first-order chi connectivity index (χ1) is 8.83. The van der Waals surface area contributed by atoms with Gasteiger partial charge in [0.05, 0.1) is 13.2 Å². The van der Waals surface area contributed by atoms with Gasteiger partial charge in [-0.05, 0) is 24.6 Å². The molecule has 4 heteroatoms. The van der Waals surface area contributed by atoms with Crippen LogP contribution in [0.25, 0.3) is 0 Å². The summed E-state index contributed by atoms with van der Waals surface area (Å²) in [6, 6.07) is 5.99. The van der Waals surface area contributed by atoms with Crippen LogP contribution in [0.5, 0.6) is 11.5 Å². The Morgan fingerprint density at radius 3 is 2.78 bits per heavy atom. The number of hydrogen-bond donors (Lipinski definition) is 2. The Bertz CT molecular complexity index is 378. The van der Waals surface area contributed by atoms with Gasteiger partial charge in [-0.1, -0.05) is 13.3 Å². The van der Waals surface area contributed by atoms with E-state index in [1.54, 1.807) is 0 Å². The molecule has 1 unspecified atom stereocenters. The lowest BCUT2D eigenvalue weighted by molar-refractivity contribution is 0.297. The monoisotopic (exact) mass is 250 g/mol. The van der Waals surface area contributed by atoms with Gasteiger partial charge < -0.3 is 20.5 Å². The van der Waals surface area contributed by atoms with Gasteiger partial charge >= 0.3 is 0 Å². The Balaban J connectivity index is 1.99. The number of anilines is 1. The standard InChI is InChI=1S/C14H22N2O2/c1-2-11(9-15)10-16-12-4-5-13-14(8-12)18-7-3-6-17-13/h4-5,8,11,16H,2-3,6-7,9-10,15H2,1H3. The van der Waals surface area contributed by atoms with E-state index in [0.717, 1.165) is 49.8 Å². The lowest BCUT2D eigenvalue weighted by Gasteiger charge is -2.15. The topological polar surface area (TPSA) is 56.5 Å². The normalized spacial score (nSPS) is 15.9. The zero-order valence-corrected chi connectivity index (χ0v) is 10.9. The van der Waals surface area contributed by atoms with Crippen LogP contribution in [0.2, 0.25) is 0 Å². The van der Waals surface area contributed by atoms with Crippen molar-refractivity contribution in [1.82, 2.24) is 0 Å². The van der Waals surface area contributed by atoms with Crippen molar-refractivity contribution < 1.29 is 9.47 Å². The van der Waals surface area contributed by atoms with E-state index in [1.807, 2.05) is 18.2 Å². The van der Waals surface area contributed by atoms with Crippen molar-refractivity contribution in [2.75, 3.05) is 31.6 Å². The summed E-state index contributed by atoms with van der Waals surface area (Å²) in [5.74, 6) is 2.18. The fraction of sp³-hybridized carbons (Fsp3) is 0.571. The molecule has 1 aromatic carbocycles. The number of ether oxygens (including phenoxy) is 2. The van der Waals surface area contributed by atoms with Crippen LogP contribution in [0.4, 0.5) is 5.69 Å². The summed E-state index contributed by atoms with van der Waals surface area (Å²) in [5.41, 5.74) is 6.76. The third kappa shape index (κ3) is 3.29. The molecular formula is C14H22N2O2. The average Bonchev–Trinajstić information content (AvgIpc) is 2.64. The molecule has 0 aromatic heterocycles. The van der Waals surface area contributed by atoms with Gasteiger partial charge in [0.25, 0.3) is 0 Å². The molecule has 0 fully saturated rings. The first-order valence-corrected chi connectivity index (χ1v) is 6.67. The molecule has 1 heterocycles. The molecule has 1 atom stereocenters. The lowest BCUT2D eigenvalue weighted by Crippen LogP contribution is -2.22. The molecule has 4 nitrogen and oxygen atoms in total. The van der Waals surface area contributed by atoms with Crippen LogP contribution >= 0.6 is 0 Å². The fourth-order valence-electron chi connectivity index (χ4n) is 1.93. The summed E-state index contributed by atoms with van der Waals surface area (Å²) in [7, 11) is 0. The van der Waals surface area contributed by atoms with E-state index < -0.39 is 0 Å². The number of nitrogens with one attached hydrogen (secondary N) is 1. The van der Waals surface area contributed by atoms with Crippen molar-refractivity contribution in [3.63, 3.8) is 0 Å². The van der Waals surface area contributed by atoms with E-state index in [-0.39, 0.29) is 0 Å². The predicted octanol–water partition coefficient (Wildman–Crippen LogP) is 2.24. The zero-order chi connectivity index (χ0) is 12.8. The molecule has 0 amide bonds. The average molecular weight is 250 g/mol. The van der Waals surface area contributed by atoms with Crippen molar-refractivity contribution in [3.8, 4) is 11.5 Å². The van der Waals surface area contributed by atoms with Crippen LogP contribution in [0.1, 0.15) is 19.8 Å². The highest BCUT2D eigenvalue weighted by atomic mass is 16.5. The van der Waals surface area contributed by atoms with Gasteiger partial charge in [0.2, 0.25) is 0 Å². The minimum atomic E-state index is 0.515. The third-order valence-corrected chi connectivity index (χ3v) is 3.25. The third-order valence-electron chi connectivity index (χ3n) is 3.25. The second-order valence-corrected chi connectivity index (χ2v) is 4.60. The number of nitrogens with two attached hydrogens (primary N) is 1. The molecule has 0 saturated carbocycles. The molecule has 100 valence electrons. The maximum absolute atomic E-state index is 5.69. The van der Waals surface area contributed by atoms with E-state index in [9.17, 15) is 0 Å². The number of benzene rings is 1. The zero-order valence-electron chi connectivity index (χ0n) is 10.9. The smallest absolute Gasteiger partial charge is 0.163 e. The number of fused-ring (bicyclic) bond motifs is 1. The van der Waals surface area contributed by atoms with Crippen molar-refractivity contribution in [1.29, 1.82) is 0 Å². The Labute approximate surface area is 108 Å². The number of rotatable bonds is 5. The largest absolute Gasteiger partial charge is 0.490 e. The van der Waals surface area contributed by atoms with E-state index in [2.05, 4.69) is 12.2 Å². The van der Waals surface area contributed by atoms with Gasteiger partial charge in [-0.25, -0.2) is 0 Å². The highest BCUT2D eigenvalue weighted by molar-refractivity contribution is 5.55. The Morgan fingerprint density at radius 2 is 2.06 bits per heavy atom. The second-order valence-electron chi connectivity index (χ2n) is 4.60. The van der Waals surface area contributed by atoms with Crippen molar-refractivity contribution in [2.45, 2.75) is 19.8 Å². The highest BCUT2D eigenvalue weighted by Gasteiger charge is 2.11. The Hall–Kier alpha value is -1.42. The summed E-state index contributed by atoms with van der Waals surface area (Å²) in [6.07, 6.45) is 2.02. The van der Waals surface area contributed by atoms with E-state index in [4.69, 9.17) is 15.2 Å². The molecule has 1 aliphatic rings. The second kappa shape index (κ2) is 6.50. The van der Waals surface area contributed by atoms with Crippen molar-refractivity contribution >= 4 is 5.69 Å². The first kappa shape index (κ1) is 13.0. The fourth-order valence-corrected chi connectivity index (χ4v) is 1.93. The predicted molar refractivity (Wildman–Crippen MR) is 73.4 cm³/mol. The highest BCUT2D eigenvalue weighted by Crippen LogP contribution is 2.32. The van der Waals surface area contributed by atoms with Gasteiger partial charge in [-0.2, -0.15) is 0 Å². The molecule has 3 N–H and O–H groups in total. The van der Waals surface area contributed by atoms with E-state index in [1.165, 1.54) is 0 Å². The minimum absolute atomic E-state index is 0.515. The lowest BCUT2D eigenvalue weighted by atomic mass is 10.1. The van der Waals surface area contributed by atoms with Crippen LogP contribution in [-0.4, -0.2) is 26.3 Å². The molecule has 0 saturated heterocycles. The molecule has 0 bridgehead atoms. The molecular weight excluding hydrogens is 228 g/mol. The molecule has 0 aliphatic carbocycles. The molecule has 0 spiro atoms. The van der Waals surface area contributed by atoms with Crippen molar-refractivity contribution in [3.05, 3.63) is 18.2 Å². The molecule has 18 heavy (non-hydrogen) atoms. The Kier molecular flexibility index (Phi) is 4.70. The summed E-state index contributed by atoms with van der Waals surface area (Å²) >= 11 is 0. The van der Waals surface area contributed by atoms with E-state index >= 15 is 0 Å². The van der Waals surface area contributed by atoms with E-state index in [0.29, 0.717) is 12.5 Å². The minimum Gasteiger partial charge on any atom is -0.490 e. The summed E-state index contributed by atoms with van der Waals surface area (Å²) in [5, 5.41) is 3.40. The SMILES string of the molecule is CCC(CN)CNc1ccc2c(c1)OCCCO2. The van der Waals surface area contributed by atoms with Gasteiger partial charge in [0.15, 0.2) is 11.5 Å². The Morgan fingerprint density at radius 1 is 1.28 bits per heavy atom. The van der Waals surface area contributed by atoms with Crippen molar-refractivity contribution in [2.24, 2.45) is 11.7 Å². The van der Waals surface area contributed by atoms with Crippen LogP contribution in [0.15, 0.2) is 18.2 Å². The molecule has 2 rings (SSSR count). The molecule has 1 aromatic rings. The van der Waals surface area contributed by atoms with Gasteiger partial charge in [0, 0.05) is 24.7 Å². The van der Waals surface area contributed by atoms with Crippen LogP contribution in [0, 0.1) is 5.92 Å². The summed E-state index contributed by atoms with van der Waals surface area (Å²) < 4.78 is 11.3.